The topological polar surface area (TPSA) is 130 Å². The van der Waals surface area contributed by atoms with E-state index in [9.17, 15) is 5.26 Å². The summed E-state index contributed by atoms with van der Waals surface area (Å²) >= 11 is 0. The second kappa shape index (κ2) is 4.94. The Morgan fingerprint density at radius 2 is 1.90 bits per heavy atom. The van der Waals surface area contributed by atoms with Gasteiger partial charge in [-0.2, -0.15) is 15.3 Å². The standard InChI is InChI=1S/C14H11N7/c15-5-11-12(20-14(17)21-13(11)16)9-3-1-2-8(4-9)10-6-18-19-7-10/h1-4,6-7H,(H,18,19)(H4,16,17,20,21). The number of H-pyrrole nitrogens is 1. The van der Waals surface area contributed by atoms with Crippen LogP contribution in [0.1, 0.15) is 5.56 Å². The number of rotatable bonds is 2. The molecule has 0 amide bonds. The summed E-state index contributed by atoms with van der Waals surface area (Å²) in [6.07, 6.45) is 3.50. The SMILES string of the molecule is N#Cc1c(N)nc(N)nc1-c1cccc(-c2cn[nH]c2)c1. The average Bonchev–Trinajstić information content (AvgIpc) is 3.01. The van der Waals surface area contributed by atoms with Crippen LogP contribution in [0.4, 0.5) is 11.8 Å². The number of nitrogen functional groups attached to an aromatic ring is 2. The van der Waals surface area contributed by atoms with Crippen LogP contribution in [0.15, 0.2) is 36.7 Å². The Morgan fingerprint density at radius 1 is 1.10 bits per heavy atom. The summed E-state index contributed by atoms with van der Waals surface area (Å²) in [5, 5.41) is 15.9. The van der Waals surface area contributed by atoms with Gasteiger partial charge in [0.1, 0.15) is 17.5 Å². The minimum absolute atomic E-state index is 0.0372. The van der Waals surface area contributed by atoms with Crippen LogP contribution in [0.3, 0.4) is 0 Å². The van der Waals surface area contributed by atoms with Gasteiger partial charge in [-0.25, -0.2) is 4.98 Å². The van der Waals surface area contributed by atoms with E-state index in [4.69, 9.17) is 11.5 Å². The highest BCUT2D eigenvalue weighted by Crippen LogP contribution is 2.28. The zero-order chi connectivity index (χ0) is 14.8. The highest BCUT2D eigenvalue weighted by molar-refractivity contribution is 5.77. The Kier molecular flexibility index (Phi) is 2.97. The molecule has 0 spiro atoms. The first-order chi connectivity index (χ1) is 10.2. The van der Waals surface area contributed by atoms with Crippen LogP contribution < -0.4 is 11.5 Å². The third kappa shape index (κ3) is 2.26. The van der Waals surface area contributed by atoms with E-state index in [0.29, 0.717) is 5.69 Å². The van der Waals surface area contributed by atoms with Crippen molar-refractivity contribution >= 4 is 11.8 Å². The Morgan fingerprint density at radius 3 is 2.62 bits per heavy atom. The molecule has 5 N–H and O–H groups in total. The van der Waals surface area contributed by atoms with E-state index in [2.05, 4.69) is 20.2 Å². The highest BCUT2D eigenvalue weighted by atomic mass is 15.1. The van der Waals surface area contributed by atoms with Gasteiger partial charge in [0.05, 0.1) is 11.9 Å². The normalized spacial score (nSPS) is 10.2. The first kappa shape index (κ1) is 12.6. The van der Waals surface area contributed by atoms with Gasteiger partial charge in [0, 0.05) is 17.3 Å². The molecule has 0 saturated heterocycles. The number of nitrogens with two attached hydrogens (primary N) is 2. The minimum Gasteiger partial charge on any atom is -0.382 e. The van der Waals surface area contributed by atoms with Crippen molar-refractivity contribution in [3.05, 3.63) is 42.2 Å². The van der Waals surface area contributed by atoms with Gasteiger partial charge in [-0.05, 0) is 11.6 Å². The molecular weight excluding hydrogens is 266 g/mol. The maximum Gasteiger partial charge on any atom is 0.222 e. The van der Waals surface area contributed by atoms with Crippen molar-refractivity contribution in [2.45, 2.75) is 0 Å². The van der Waals surface area contributed by atoms with E-state index < -0.39 is 0 Å². The zero-order valence-corrected chi connectivity index (χ0v) is 10.9. The van der Waals surface area contributed by atoms with Gasteiger partial charge in [-0.1, -0.05) is 18.2 Å². The smallest absolute Gasteiger partial charge is 0.222 e. The maximum atomic E-state index is 9.24. The molecular formula is C14H11N7. The largest absolute Gasteiger partial charge is 0.382 e. The number of nitrogens with zero attached hydrogens (tertiary/aromatic N) is 4. The lowest BCUT2D eigenvalue weighted by Gasteiger charge is -2.07. The van der Waals surface area contributed by atoms with E-state index in [-0.39, 0.29) is 17.3 Å². The summed E-state index contributed by atoms with van der Waals surface area (Å²) in [4.78, 5) is 7.95. The Balaban J connectivity index is 2.18. The van der Waals surface area contributed by atoms with E-state index in [1.165, 1.54) is 0 Å². The number of nitriles is 1. The van der Waals surface area contributed by atoms with Crippen molar-refractivity contribution < 1.29 is 0 Å². The molecule has 0 saturated carbocycles. The second-order valence-electron chi connectivity index (χ2n) is 4.37. The molecule has 1 aromatic carbocycles. The van der Waals surface area contributed by atoms with Crippen LogP contribution in [0, 0.1) is 11.3 Å². The first-order valence-corrected chi connectivity index (χ1v) is 6.11. The van der Waals surface area contributed by atoms with Crippen LogP contribution in [0.2, 0.25) is 0 Å². The molecule has 0 aliphatic rings. The lowest BCUT2D eigenvalue weighted by molar-refractivity contribution is 1.09. The van der Waals surface area contributed by atoms with Crippen LogP contribution in [-0.4, -0.2) is 20.2 Å². The highest BCUT2D eigenvalue weighted by Gasteiger charge is 2.13. The molecule has 0 bridgehead atoms. The average molecular weight is 277 g/mol. The van der Waals surface area contributed by atoms with Gasteiger partial charge in [0.2, 0.25) is 5.95 Å². The molecule has 21 heavy (non-hydrogen) atoms. The van der Waals surface area contributed by atoms with Crippen molar-refractivity contribution in [3.63, 3.8) is 0 Å². The second-order valence-corrected chi connectivity index (χ2v) is 4.37. The molecule has 102 valence electrons. The van der Waals surface area contributed by atoms with E-state index >= 15 is 0 Å². The summed E-state index contributed by atoms with van der Waals surface area (Å²) < 4.78 is 0. The summed E-state index contributed by atoms with van der Waals surface area (Å²) in [5.74, 6) is 0.115. The number of nitrogens with one attached hydrogen (secondary N) is 1. The van der Waals surface area contributed by atoms with Gasteiger partial charge >= 0.3 is 0 Å². The molecule has 0 radical (unpaired) electrons. The number of benzene rings is 1. The molecule has 3 rings (SSSR count). The first-order valence-electron chi connectivity index (χ1n) is 6.11. The summed E-state index contributed by atoms with van der Waals surface area (Å²) in [7, 11) is 0. The van der Waals surface area contributed by atoms with E-state index in [1.807, 2.05) is 30.3 Å². The van der Waals surface area contributed by atoms with Gasteiger partial charge < -0.3 is 11.5 Å². The number of hydrogen-bond donors (Lipinski definition) is 3. The fourth-order valence-electron chi connectivity index (χ4n) is 2.07. The van der Waals surface area contributed by atoms with Gasteiger partial charge in [0.15, 0.2) is 0 Å². The van der Waals surface area contributed by atoms with Gasteiger partial charge in [-0.15, -0.1) is 0 Å². The van der Waals surface area contributed by atoms with Crippen molar-refractivity contribution in [1.82, 2.24) is 20.2 Å². The maximum absolute atomic E-state index is 9.24. The Hall–Kier alpha value is -3.40. The number of aromatic nitrogens is 4. The predicted octanol–water partition coefficient (Wildman–Crippen LogP) is 1.57. The van der Waals surface area contributed by atoms with Crippen molar-refractivity contribution in [2.24, 2.45) is 0 Å². The number of hydrogen-bond acceptors (Lipinski definition) is 6. The molecule has 2 heterocycles. The van der Waals surface area contributed by atoms with E-state index in [1.54, 1.807) is 12.4 Å². The molecule has 0 unspecified atom stereocenters. The fourth-order valence-corrected chi connectivity index (χ4v) is 2.07. The van der Waals surface area contributed by atoms with Crippen LogP contribution in [0.25, 0.3) is 22.4 Å². The Labute approximate surface area is 120 Å². The molecule has 0 aliphatic carbocycles. The lowest BCUT2D eigenvalue weighted by atomic mass is 10.0. The number of aromatic amines is 1. The van der Waals surface area contributed by atoms with E-state index in [0.717, 1.165) is 16.7 Å². The monoisotopic (exact) mass is 277 g/mol. The van der Waals surface area contributed by atoms with Crippen molar-refractivity contribution in [3.8, 4) is 28.5 Å². The third-order valence-corrected chi connectivity index (χ3v) is 3.03. The molecule has 3 aromatic rings. The van der Waals surface area contributed by atoms with Crippen molar-refractivity contribution in [2.75, 3.05) is 11.5 Å². The molecule has 7 heteroatoms. The van der Waals surface area contributed by atoms with Crippen LogP contribution in [-0.2, 0) is 0 Å². The molecule has 0 atom stereocenters. The van der Waals surface area contributed by atoms with Crippen molar-refractivity contribution in [1.29, 1.82) is 5.26 Å². The van der Waals surface area contributed by atoms with Gasteiger partial charge in [-0.3, -0.25) is 5.10 Å². The lowest BCUT2D eigenvalue weighted by Crippen LogP contribution is -2.04. The Bertz CT molecular complexity index is 831. The number of anilines is 2. The van der Waals surface area contributed by atoms with Crippen LogP contribution in [0.5, 0.6) is 0 Å². The fraction of sp³-hybridized carbons (Fsp3) is 0. The molecule has 2 aromatic heterocycles. The third-order valence-electron chi connectivity index (χ3n) is 3.03. The van der Waals surface area contributed by atoms with Gasteiger partial charge in [0.25, 0.3) is 0 Å². The quantitative estimate of drug-likeness (QED) is 0.651. The van der Waals surface area contributed by atoms with Crippen LogP contribution >= 0.6 is 0 Å². The molecule has 0 aliphatic heterocycles. The minimum atomic E-state index is 0.0372. The predicted molar refractivity (Wildman–Crippen MR) is 78.6 cm³/mol. The molecule has 0 fully saturated rings. The zero-order valence-electron chi connectivity index (χ0n) is 10.9. The summed E-state index contributed by atoms with van der Waals surface area (Å²) in [6, 6.07) is 9.56. The molecule has 7 nitrogen and oxygen atoms in total. The summed E-state index contributed by atoms with van der Waals surface area (Å²) in [5.41, 5.74) is 14.6. The summed E-state index contributed by atoms with van der Waals surface area (Å²) in [6.45, 7) is 0.